The van der Waals surface area contributed by atoms with Gasteiger partial charge in [0.15, 0.2) is 0 Å². The molecule has 0 aromatic rings. The molecule has 2 nitrogen and oxygen atoms in total. The van der Waals surface area contributed by atoms with Gasteiger partial charge in [-0.15, -0.1) is 0 Å². The highest BCUT2D eigenvalue weighted by atomic mass is 16.1. The average molecular weight is 439 g/mol. The van der Waals surface area contributed by atoms with Gasteiger partial charge in [-0.05, 0) is 82.0 Å². The molecule has 0 amide bonds. The molecule has 2 heteroatoms. The largest absolute Gasteiger partial charge is 0.299 e. The van der Waals surface area contributed by atoms with Crippen molar-refractivity contribution in [2.45, 2.75) is 113 Å². The molecule has 0 aromatic carbocycles. The summed E-state index contributed by atoms with van der Waals surface area (Å²) in [6, 6.07) is 0. The molecule has 0 aliphatic heterocycles. The van der Waals surface area contributed by atoms with Crippen LogP contribution in [0.1, 0.15) is 113 Å². The SMILES string of the molecule is CC(C)=CCCC(C)C1CCC2(C)C3=C(CC(=O)C12C)C1(C)CCC(=O)C(C)(C)C1CC3. The summed E-state index contributed by atoms with van der Waals surface area (Å²) < 4.78 is 0. The number of carbonyl (C=O) groups is 2. The van der Waals surface area contributed by atoms with Crippen molar-refractivity contribution in [2.75, 3.05) is 0 Å². The van der Waals surface area contributed by atoms with Gasteiger partial charge in [0.2, 0.25) is 0 Å². The highest BCUT2D eigenvalue weighted by Gasteiger charge is 2.66. The summed E-state index contributed by atoms with van der Waals surface area (Å²) >= 11 is 0. The number of carbonyl (C=O) groups excluding carboxylic acids is 2. The van der Waals surface area contributed by atoms with E-state index in [1.807, 2.05) is 0 Å². The quantitative estimate of drug-likeness (QED) is 0.418. The van der Waals surface area contributed by atoms with Gasteiger partial charge in [-0.3, -0.25) is 9.59 Å². The molecular formula is C30H46O2. The van der Waals surface area contributed by atoms with Crippen LogP contribution in [0.3, 0.4) is 0 Å². The Bertz CT molecular complexity index is 885. The minimum absolute atomic E-state index is 0.00726. The van der Waals surface area contributed by atoms with Crippen LogP contribution in [-0.2, 0) is 9.59 Å². The van der Waals surface area contributed by atoms with Crippen LogP contribution in [0, 0.1) is 39.4 Å². The average Bonchev–Trinajstić information content (AvgIpc) is 2.99. The van der Waals surface area contributed by atoms with Crippen LogP contribution in [0.5, 0.6) is 0 Å². The number of hydrogen-bond donors (Lipinski definition) is 0. The maximum atomic E-state index is 14.1. The lowest BCUT2D eigenvalue weighted by molar-refractivity contribution is -0.143. The van der Waals surface area contributed by atoms with E-state index < -0.39 is 0 Å². The molecule has 0 heterocycles. The second kappa shape index (κ2) is 7.67. The molecule has 0 spiro atoms. The van der Waals surface area contributed by atoms with Crippen molar-refractivity contribution in [2.24, 2.45) is 39.4 Å². The fourth-order valence-corrected chi connectivity index (χ4v) is 9.02. The third-order valence-electron chi connectivity index (χ3n) is 11.3. The molecule has 2 fully saturated rings. The molecule has 4 aliphatic rings. The topological polar surface area (TPSA) is 34.1 Å². The third-order valence-corrected chi connectivity index (χ3v) is 11.3. The first-order valence-corrected chi connectivity index (χ1v) is 13.2. The summed E-state index contributed by atoms with van der Waals surface area (Å²) in [5.41, 5.74) is 3.97. The van der Waals surface area contributed by atoms with Crippen LogP contribution in [0.15, 0.2) is 22.8 Å². The number of fused-ring (bicyclic) bond motifs is 4. The molecule has 178 valence electrons. The Morgan fingerprint density at radius 1 is 0.969 bits per heavy atom. The first-order valence-electron chi connectivity index (χ1n) is 13.2. The van der Waals surface area contributed by atoms with Gasteiger partial charge in [-0.1, -0.05) is 64.3 Å². The Morgan fingerprint density at radius 2 is 1.66 bits per heavy atom. The maximum absolute atomic E-state index is 14.1. The van der Waals surface area contributed by atoms with E-state index in [1.54, 1.807) is 5.57 Å². The van der Waals surface area contributed by atoms with E-state index in [1.165, 1.54) is 24.0 Å². The minimum atomic E-state index is -0.270. The number of hydrogen-bond acceptors (Lipinski definition) is 2. The van der Waals surface area contributed by atoms with E-state index in [0.29, 0.717) is 42.2 Å². The summed E-state index contributed by atoms with van der Waals surface area (Å²) in [6.07, 6.45) is 11.4. The van der Waals surface area contributed by atoms with Gasteiger partial charge in [-0.2, -0.15) is 0 Å². The van der Waals surface area contributed by atoms with Gasteiger partial charge in [0.1, 0.15) is 11.6 Å². The lowest BCUT2D eigenvalue weighted by Gasteiger charge is -2.60. The predicted molar refractivity (Wildman–Crippen MR) is 132 cm³/mol. The van der Waals surface area contributed by atoms with Crippen LogP contribution in [0.25, 0.3) is 0 Å². The minimum Gasteiger partial charge on any atom is -0.299 e. The Labute approximate surface area is 196 Å². The second-order valence-corrected chi connectivity index (χ2v) is 13.2. The van der Waals surface area contributed by atoms with Crippen LogP contribution in [0.2, 0.25) is 0 Å². The Hall–Kier alpha value is -1.18. The van der Waals surface area contributed by atoms with Crippen LogP contribution < -0.4 is 0 Å². The predicted octanol–water partition coefficient (Wildman–Crippen LogP) is 7.87. The molecular weight excluding hydrogens is 392 g/mol. The van der Waals surface area contributed by atoms with E-state index >= 15 is 0 Å². The number of ketones is 2. The lowest BCUT2D eigenvalue weighted by Crippen LogP contribution is -2.56. The van der Waals surface area contributed by atoms with E-state index in [0.717, 1.165) is 32.1 Å². The maximum Gasteiger partial charge on any atom is 0.143 e. The molecule has 0 radical (unpaired) electrons. The van der Waals surface area contributed by atoms with Gasteiger partial charge in [0.25, 0.3) is 0 Å². The summed E-state index contributed by atoms with van der Waals surface area (Å²) in [7, 11) is 0. The van der Waals surface area contributed by atoms with Gasteiger partial charge >= 0.3 is 0 Å². The van der Waals surface area contributed by atoms with E-state index in [9.17, 15) is 9.59 Å². The Kier molecular flexibility index (Phi) is 5.74. The summed E-state index contributed by atoms with van der Waals surface area (Å²) in [6.45, 7) is 18.2. The summed E-state index contributed by atoms with van der Waals surface area (Å²) in [5, 5.41) is 0. The van der Waals surface area contributed by atoms with Gasteiger partial charge in [-0.25, -0.2) is 0 Å². The van der Waals surface area contributed by atoms with Crippen molar-refractivity contribution in [3.8, 4) is 0 Å². The van der Waals surface area contributed by atoms with Crippen molar-refractivity contribution >= 4 is 11.6 Å². The zero-order valence-corrected chi connectivity index (χ0v) is 22.0. The van der Waals surface area contributed by atoms with Crippen molar-refractivity contribution < 1.29 is 9.59 Å². The molecule has 0 aromatic heterocycles. The summed E-state index contributed by atoms with van der Waals surface area (Å²) in [4.78, 5) is 26.9. The zero-order valence-electron chi connectivity index (χ0n) is 22.0. The van der Waals surface area contributed by atoms with Crippen LogP contribution >= 0.6 is 0 Å². The Morgan fingerprint density at radius 3 is 2.31 bits per heavy atom. The first-order chi connectivity index (χ1) is 14.8. The van der Waals surface area contributed by atoms with Gasteiger partial charge < -0.3 is 0 Å². The van der Waals surface area contributed by atoms with E-state index in [4.69, 9.17) is 0 Å². The Balaban J connectivity index is 1.71. The molecule has 4 rings (SSSR count). The van der Waals surface area contributed by atoms with Crippen molar-refractivity contribution in [1.29, 1.82) is 0 Å². The monoisotopic (exact) mass is 438 g/mol. The van der Waals surface area contributed by atoms with Crippen molar-refractivity contribution in [3.63, 3.8) is 0 Å². The molecule has 0 N–H and O–H groups in total. The number of Topliss-reactive ketones (excluding diaryl/α,β-unsaturated/α-hetero) is 2. The fraction of sp³-hybridized carbons (Fsp3) is 0.800. The van der Waals surface area contributed by atoms with E-state index in [-0.39, 0.29) is 21.7 Å². The lowest BCUT2D eigenvalue weighted by atomic mass is 9.43. The highest BCUT2D eigenvalue weighted by Crippen LogP contribution is 2.71. The molecule has 0 bridgehead atoms. The molecule has 32 heavy (non-hydrogen) atoms. The zero-order chi connectivity index (χ0) is 23.7. The molecule has 6 unspecified atom stereocenters. The smallest absolute Gasteiger partial charge is 0.143 e. The normalized spacial score (nSPS) is 41.6. The van der Waals surface area contributed by atoms with E-state index in [2.05, 4.69) is 61.5 Å². The van der Waals surface area contributed by atoms with Crippen molar-refractivity contribution in [1.82, 2.24) is 0 Å². The number of rotatable bonds is 4. The first kappa shape index (κ1) is 24.0. The van der Waals surface area contributed by atoms with Gasteiger partial charge in [0.05, 0.1) is 0 Å². The molecule has 0 saturated heterocycles. The third kappa shape index (κ3) is 3.10. The van der Waals surface area contributed by atoms with Crippen molar-refractivity contribution in [3.05, 3.63) is 22.8 Å². The summed E-state index contributed by atoms with van der Waals surface area (Å²) in [5.74, 6) is 2.34. The fourth-order valence-electron chi connectivity index (χ4n) is 9.02. The second-order valence-electron chi connectivity index (χ2n) is 13.2. The number of allylic oxidation sites excluding steroid dienone is 4. The molecule has 2 saturated carbocycles. The molecule has 6 atom stereocenters. The van der Waals surface area contributed by atoms with Crippen LogP contribution in [-0.4, -0.2) is 11.6 Å². The highest BCUT2D eigenvalue weighted by molar-refractivity contribution is 5.92. The van der Waals surface area contributed by atoms with Gasteiger partial charge in [0, 0.05) is 29.1 Å². The van der Waals surface area contributed by atoms with Crippen LogP contribution in [0.4, 0.5) is 0 Å². The molecule has 4 aliphatic carbocycles. The standard InChI is InChI=1S/C30H46O2/c1-19(2)10-9-11-20(3)21-14-17-29(7)22-12-13-24-27(4,5)25(31)15-16-28(24,6)23(22)18-26(32)30(21,29)8/h10,20-21,24H,9,11-18H2,1-8H3.